The smallest absolute Gasteiger partial charge is 0.221 e. The number of benzene rings is 1. The van der Waals surface area contributed by atoms with Gasteiger partial charge in [0.1, 0.15) is 0 Å². The van der Waals surface area contributed by atoms with Crippen molar-refractivity contribution in [1.29, 1.82) is 0 Å². The van der Waals surface area contributed by atoms with E-state index in [4.69, 9.17) is 4.74 Å². The Morgan fingerprint density at radius 3 is 3.07 bits per heavy atom. The van der Waals surface area contributed by atoms with E-state index in [9.17, 15) is 4.79 Å². The predicted molar refractivity (Wildman–Crippen MR) is 54.2 cm³/mol. The van der Waals surface area contributed by atoms with E-state index in [0.717, 1.165) is 18.7 Å². The number of hydrogen-bond donors (Lipinski definition) is 1. The fourth-order valence-electron chi connectivity index (χ4n) is 1.43. The standard InChI is InChI=1S/C11H13NO2/c1-8(13)12-10-4-2-3-9(5-10)6-11-7-14-11/h2-5,11H,6-7H2,1H3,(H,12,13). The molecule has 0 saturated carbocycles. The lowest BCUT2D eigenvalue weighted by molar-refractivity contribution is -0.114. The number of epoxide rings is 1. The van der Waals surface area contributed by atoms with Crippen molar-refractivity contribution in [2.24, 2.45) is 0 Å². The van der Waals surface area contributed by atoms with Crippen LogP contribution in [0.25, 0.3) is 0 Å². The normalized spacial score (nSPS) is 19.1. The molecule has 3 heteroatoms. The SMILES string of the molecule is CC(=O)Nc1cccc(CC2CO2)c1. The van der Waals surface area contributed by atoms with Crippen molar-refractivity contribution in [2.45, 2.75) is 19.4 Å². The molecular weight excluding hydrogens is 178 g/mol. The molecule has 1 unspecified atom stereocenters. The van der Waals surface area contributed by atoms with Crippen LogP contribution in [0.3, 0.4) is 0 Å². The second-order valence-electron chi connectivity index (χ2n) is 3.54. The Hall–Kier alpha value is -1.35. The molecule has 1 saturated heterocycles. The van der Waals surface area contributed by atoms with E-state index in [1.165, 1.54) is 12.5 Å². The number of carbonyl (C=O) groups is 1. The van der Waals surface area contributed by atoms with Crippen molar-refractivity contribution in [3.63, 3.8) is 0 Å². The van der Waals surface area contributed by atoms with E-state index < -0.39 is 0 Å². The average molecular weight is 191 g/mol. The van der Waals surface area contributed by atoms with E-state index in [1.807, 2.05) is 24.3 Å². The monoisotopic (exact) mass is 191 g/mol. The van der Waals surface area contributed by atoms with Crippen molar-refractivity contribution >= 4 is 11.6 Å². The number of ether oxygens (including phenoxy) is 1. The highest BCUT2D eigenvalue weighted by Crippen LogP contribution is 2.18. The molecule has 1 aromatic carbocycles. The summed E-state index contributed by atoms with van der Waals surface area (Å²) >= 11 is 0. The maximum atomic E-state index is 10.8. The molecule has 1 atom stereocenters. The van der Waals surface area contributed by atoms with Gasteiger partial charge in [-0.1, -0.05) is 12.1 Å². The quantitative estimate of drug-likeness (QED) is 0.737. The maximum Gasteiger partial charge on any atom is 0.221 e. The third-order valence-corrected chi connectivity index (χ3v) is 2.11. The number of carbonyl (C=O) groups excluding carboxylic acids is 1. The zero-order chi connectivity index (χ0) is 9.97. The van der Waals surface area contributed by atoms with Crippen LogP contribution in [0.5, 0.6) is 0 Å². The molecule has 1 heterocycles. The summed E-state index contributed by atoms with van der Waals surface area (Å²) in [4.78, 5) is 10.8. The zero-order valence-corrected chi connectivity index (χ0v) is 8.12. The largest absolute Gasteiger partial charge is 0.373 e. The van der Waals surface area contributed by atoms with Crippen LogP contribution in [0.2, 0.25) is 0 Å². The lowest BCUT2D eigenvalue weighted by Crippen LogP contribution is -2.06. The summed E-state index contributed by atoms with van der Waals surface area (Å²) < 4.78 is 5.15. The first kappa shape index (κ1) is 9.21. The van der Waals surface area contributed by atoms with Crippen molar-refractivity contribution in [3.8, 4) is 0 Å². The lowest BCUT2D eigenvalue weighted by Gasteiger charge is -2.04. The molecule has 14 heavy (non-hydrogen) atoms. The van der Waals surface area contributed by atoms with E-state index in [2.05, 4.69) is 5.32 Å². The van der Waals surface area contributed by atoms with Crippen molar-refractivity contribution in [1.82, 2.24) is 0 Å². The number of amides is 1. The molecule has 1 N–H and O–H groups in total. The number of hydrogen-bond acceptors (Lipinski definition) is 2. The van der Waals surface area contributed by atoms with Gasteiger partial charge in [0.25, 0.3) is 0 Å². The minimum Gasteiger partial charge on any atom is -0.373 e. The van der Waals surface area contributed by atoms with Gasteiger partial charge in [-0.05, 0) is 17.7 Å². The molecule has 1 aliphatic heterocycles. The molecule has 0 spiro atoms. The van der Waals surface area contributed by atoms with Crippen LogP contribution in [-0.4, -0.2) is 18.6 Å². The van der Waals surface area contributed by atoms with Gasteiger partial charge in [0.05, 0.1) is 12.7 Å². The van der Waals surface area contributed by atoms with Crippen LogP contribution >= 0.6 is 0 Å². The Balaban J connectivity index is 2.05. The Kier molecular flexibility index (Phi) is 2.50. The second kappa shape index (κ2) is 3.80. The van der Waals surface area contributed by atoms with Crippen LogP contribution in [-0.2, 0) is 16.0 Å². The van der Waals surface area contributed by atoms with E-state index in [-0.39, 0.29) is 5.91 Å². The number of rotatable bonds is 3. The summed E-state index contributed by atoms with van der Waals surface area (Å²) in [5.74, 6) is -0.0372. The molecule has 0 aliphatic carbocycles. The van der Waals surface area contributed by atoms with Crippen LogP contribution < -0.4 is 5.32 Å². The molecule has 1 aliphatic rings. The second-order valence-corrected chi connectivity index (χ2v) is 3.54. The highest BCUT2D eigenvalue weighted by Gasteiger charge is 2.22. The Labute approximate surface area is 83.1 Å². The van der Waals surface area contributed by atoms with E-state index in [0.29, 0.717) is 6.10 Å². The van der Waals surface area contributed by atoms with Crippen LogP contribution in [0.1, 0.15) is 12.5 Å². The minimum absolute atomic E-state index is 0.0372. The molecule has 0 aromatic heterocycles. The van der Waals surface area contributed by atoms with Crippen molar-refractivity contribution in [2.75, 3.05) is 11.9 Å². The first-order valence-corrected chi connectivity index (χ1v) is 4.72. The summed E-state index contributed by atoms with van der Waals surface area (Å²) in [6.07, 6.45) is 1.33. The number of nitrogens with one attached hydrogen (secondary N) is 1. The van der Waals surface area contributed by atoms with Crippen LogP contribution in [0.15, 0.2) is 24.3 Å². The van der Waals surface area contributed by atoms with Gasteiger partial charge in [-0.2, -0.15) is 0 Å². The van der Waals surface area contributed by atoms with Crippen molar-refractivity contribution < 1.29 is 9.53 Å². The van der Waals surface area contributed by atoms with Gasteiger partial charge >= 0.3 is 0 Å². The Morgan fingerprint density at radius 1 is 1.64 bits per heavy atom. The fourth-order valence-corrected chi connectivity index (χ4v) is 1.43. The van der Waals surface area contributed by atoms with E-state index in [1.54, 1.807) is 0 Å². The topological polar surface area (TPSA) is 41.6 Å². The van der Waals surface area contributed by atoms with Gasteiger partial charge in [0.15, 0.2) is 0 Å². The Bertz CT molecular complexity index is 345. The highest BCUT2D eigenvalue weighted by atomic mass is 16.6. The average Bonchev–Trinajstić information content (AvgIpc) is 2.87. The highest BCUT2D eigenvalue weighted by molar-refractivity contribution is 5.88. The zero-order valence-electron chi connectivity index (χ0n) is 8.12. The number of anilines is 1. The van der Waals surface area contributed by atoms with Gasteiger partial charge in [0, 0.05) is 19.0 Å². The summed E-state index contributed by atoms with van der Waals surface area (Å²) in [5.41, 5.74) is 2.06. The Morgan fingerprint density at radius 2 is 2.43 bits per heavy atom. The van der Waals surface area contributed by atoms with Gasteiger partial charge in [0.2, 0.25) is 5.91 Å². The predicted octanol–water partition coefficient (Wildman–Crippen LogP) is 1.59. The third-order valence-electron chi connectivity index (χ3n) is 2.11. The van der Waals surface area contributed by atoms with Crippen LogP contribution in [0, 0.1) is 0 Å². The molecule has 0 bridgehead atoms. The first-order chi connectivity index (χ1) is 6.74. The maximum absolute atomic E-state index is 10.8. The summed E-state index contributed by atoms with van der Waals surface area (Å²) in [6, 6.07) is 7.87. The summed E-state index contributed by atoms with van der Waals surface area (Å²) in [6.45, 7) is 2.38. The van der Waals surface area contributed by atoms with Crippen LogP contribution in [0.4, 0.5) is 5.69 Å². The molecule has 1 fully saturated rings. The molecule has 0 radical (unpaired) electrons. The van der Waals surface area contributed by atoms with Gasteiger partial charge in [-0.3, -0.25) is 4.79 Å². The molecule has 74 valence electrons. The summed E-state index contributed by atoms with van der Waals surface area (Å²) in [5, 5.41) is 2.76. The van der Waals surface area contributed by atoms with Gasteiger partial charge < -0.3 is 10.1 Å². The molecule has 1 aromatic rings. The first-order valence-electron chi connectivity index (χ1n) is 4.72. The minimum atomic E-state index is -0.0372. The summed E-state index contributed by atoms with van der Waals surface area (Å²) in [7, 11) is 0. The molecule has 1 amide bonds. The molecule has 3 nitrogen and oxygen atoms in total. The molecular formula is C11H13NO2. The molecule has 2 rings (SSSR count). The third kappa shape index (κ3) is 2.57. The van der Waals surface area contributed by atoms with E-state index >= 15 is 0 Å². The van der Waals surface area contributed by atoms with Gasteiger partial charge in [-0.15, -0.1) is 0 Å². The van der Waals surface area contributed by atoms with Gasteiger partial charge in [-0.25, -0.2) is 0 Å². The lowest BCUT2D eigenvalue weighted by atomic mass is 10.1. The fraction of sp³-hybridized carbons (Fsp3) is 0.364. The van der Waals surface area contributed by atoms with Crippen molar-refractivity contribution in [3.05, 3.63) is 29.8 Å².